The van der Waals surface area contributed by atoms with E-state index in [1.807, 2.05) is 25.1 Å². The summed E-state index contributed by atoms with van der Waals surface area (Å²) in [5.74, 6) is 2.31. The predicted octanol–water partition coefficient (Wildman–Crippen LogP) is 3.48. The van der Waals surface area contributed by atoms with E-state index in [9.17, 15) is 0 Å². The molecule has 106 valence electrons. The van der Waals surface area contributed by atoms with Crippen LogP contribution in [-0.4, -0.2) is 16.5 Å². The van der Waals surface area contributed by atoms with Crippen molar-refractivity contribution in [2.45, 2.75) is 33.6 Å². The zero-order chi connectivity index (χ0) is 14.5. The zero-order valence-electron chi connectivity index (χ0n) is 12.4. The first-order valence-corrected chi connectivity index (χ1v) is 7.12. The van der Waals surface area contributed by atoms with Crippen LogP contribution in [0.15, 0.2) is 30.3 Å². The van der Waals surface area contributed by atoms with E-state index in [2.05, 4.69) is 35.9 Å². The van der Waals surface area contributed by atoms with Gasteiger partial charge in [-0.25, -0.2) is 9.97 Å². The summed E-state index contributed by atoms with van der Waals surface area (Å²) in [7, 11) is 0. The lowest BCUT2D eigenvalue weighted by molar-refractivity contribution is 0.824. The monoisotopic (exact) mass is 270 g/mol. The lowest BCUT2D eigenvalue weighted by Gasteiger charge is -2.24. The minimum absolute atomic E-state index is 0.577. The fourth-order valence-corrected chi connectivity index (χ4v) is 2.23. The van der Waals surface area contributed by atoms with Crippen LogP contribution in [-0.2, 0) is 6.42 Å². The van der Waals surface area contributed by atoms with Gasteiger partial charge in [-0.05, 0) is 32.4 Å². The molecule has 2 N–H and O–H groups in total. The van der Waals surface area contributed by atoms with Gasteiger partial charge in [-0.2, -0.15) is 0 Å². The first kappa shape index (κ1) is 14.3. The van der Waals surface area contributed by atoms with Crippen molar-refractivity contribution in [2.75, 3.05) is 17.2 Å². The van der Waals surface area contributed by atoms with Crippen molar-refractivity contribution in [1.82, 2.24) is 9.97 Å². The number of nitrogens with two attached hydrogens (primary N) is 1. The van der Waals surface area contributed by atoms with Crippen LogP contribution >= 0.6 is 0 Å². The predicted molar refractivity (Wildman–Crippen MR) is 84.3 cm³/mol. The lowest BCUT2D eigenvalue weighted by Crippen LogP contribution is -2.20. The molecule has 0 bridgehead atoms. The van der Waals surface area contributed by atoms with Crippen molar-refractivity contribution < 1.29 is 0 Å². The first-order valence-electron chi connectivity index (χ1n) is 7.12. The molecule has 0 aliphatic rings. The molecule has 0 aliphatic heterocycles. The van der Waals surface area contributed by atoms with E-state index in [4.69, 9.17) is 10.7 Å². The fourth-order valence-electron chi connectivity index (χ4n) is 2.23. The highest BCUT2D eigenvalue weighted by Gasteiger charge is 2.15. The Kier molecular flexibility index (Phi) is 4.56. The summed E-state index contributed by atoms with van der Waals surface area (Å²) in [5.41, 5.74) is 8.11. The molecule has 1 aromatic heterocycles. The van der Waals surface area contributed by atoms with Gasteiger partial charge in [0.1, 0.15) is 17.5 Å². The van der Waals surface area contributed by atoms with Crippen LogP contribution < -0.4 is 10.6 Å². The lowest BCUT2D eigenvalue weighted by atomic mass is 10.2. The van der Waals surface area contributed by atoms with Crippen molar-refractivity contribution in [3.05, 3.63) is 41.7 Å². The van der Waals surface area contributed by atoms with Gasteiger partial charge in [-0.15, -0.1) is 0 Å². The zero-order valence-corrected chi connectivity index (χ0v) is 12.4. The summed E-state index contributed by atoms with van der Waals surface area (Å²) in [6, 6.07) is 10.2. The van der Waals surface area contributed by atoms with Crippen molar-refractivity contribution in [1.29, 1.82) is 0 Å². The molecule has 20 heavy (non-hydrogen) atoms. The van der Waals surface area contributed by atoms with E-state index in [1.165, 1.54) is 0 Å². The van der Waals surface area contributed by atoms with Gasteiger partial charge in [-0.3, -0.25) is 0 Å². The Bertz CT molecular complexity index is 566. The maximum absolute atomic E-state index is 6.04. The third-order valence-corrected chi connectivity index (χ3v) is 3.32. The number of hydrogen-bond acceptors (Lipinski definition) is 4. The van der Waals surface area contributed by atoms with Crippen molar-refractivity contribution in [3.8, 4) is 0 Å². The van der Waals surface area contributed by atoms with Crippen molar-refractivity contribution >= 4 is 17.3 Å². The Labute approximate surface area is 120 Å². The van der Waals surface area contributed by atoms with E-state index in [1.54, 1.807) is 0 Å². The van der Waals surface area contributed by atoms with Crippen LogP contribution in [0.2, 0.25) is 0 Å². The summed E-state index contributed by atoms with van der Waals surface area (Å²) in [6.07, 6.45) is 1.86. The van der Waals surface area contributed by atoms with Crippen LogP contribution in [0, 0.1) is 6.92 Å². The minimum Gasteiger partial charge on any atom is -0.383 e. The molecule has 0 aliphatic carbocycles. The van der Waals surface area contributed by atoms with Crippen LogP contribution in [0.25, 0.3) is 0 Å². The third kappa shape index (κ3) is 2.90. The molecule has 0 saturated carbocycles. The summed E-state index contributed by atoms with van der Waals surface area (Å²) in [5, 5.41) is 0. The molecule has 0 fully saturated rings. The number of aryl methyl sites for hydroxylation is 1. The topological polar surface area (TPSA) is 55.0 Å². The van der Waals surface area contributed by atoms with Gasteiger partial charge < -0.3 is 10.6 Å². The summed E-state index contributed by atoms with van der Waals surface area (Å²) < 4.78 is 0. The number of anilines is 3. The summed E-state index contributed by atoms with van der Waals surface area (Å²) in [6.45, 7) is 7.05. The summed E-state index contributed by atoms with van der Waals surface area (Å²) >= 11 is 0. The van der Waals surface area contributed by atoms with Crippen molar-refractivity contribution in [2.24, 2.45) is 0 Å². The van der Waals surface area contributed by atoms with Crippen LogP contribution in [0.5, 0.6) is 0 Å². The van der Waals surface area contributed by atoms with Gasteiger partial charge in [0.05, 0.1) is 0 Å². The molecule has 0 atom stereocenters. The van der Waals surface area contributed by atoms with Gasteiger partial charge >= 0.3 is 0 Å². The number of para-hydroxylation sites is 1. The van der Waals surface area contributed by atoms with E-state index in [-0.39, 0.29) is 0 Å². The van der Waals surface area contributed by atoms with Gasteiger partial charge in [0.2, 0.25) is 0 Å². The quantitative estimate of drug-likeness (QED) is 0.903. The number of hydrogen-bond donors (Lipinski definition) is 1. The SMILES string of the molecule is CCCc1nc(N)c(C)c(N(CC)c2ccccc2)n1. The van der Waals surface area contributed by atoms with Gasteiger partial charge in [0.15, 0.2) is 0 Å². The number of aromatic nitrogens is 2. The van der Waals surface area contributed by atoms with E-state index < -0.39 is 0 Å². The van der Waals surface area contributed by atoms with E-state index in [0.29, 0.717) is 5.82 Å². The second-order valence-corrected chi connectivity index (χ2v) is 4.80. The highest BCUT2D eigenvalue weighted by atomic mass is 15.2. The Morgan fingerprint density at radius 1 is 1.10 bits per heavy atom. The summed E-state index contributed by atoms with van der Waals surface area (Å²) in [4.78, 5) is 11.3. The molecule has 1 heterocycles. The van der Waals surface area contributed by atoms with Crippen molar-refractivity contribution in [3.63, 3.8) is 0 Å². The largest absolute Gasteiger partial charge is 0.383 e. The fraction of sp³-hybridized carbons (Fsp3) is 0.375. The molecular weight excluding hydrogens is 248 g/mol. The Hall–Kier alpha value is -2.10. The van der Waals surface area contributed by atoms with E-state index in [0.717, 1.165) is 42.3 Å². The number of benzene rings is 1. The second-order valence-electron chi connectivity index (χ2n) is 4.80. The molecule has 0 radical (unpaired) electrons. The molecular formula is C16H22N4. The Morgan fingerprint density at radius 2 is 1.80 bits per heavy atom. The average Bonchev–Trinajstić information content (AvgIpc) is 2.46. The van der Waals surface area contributed by atoms with Gasteiger partial charge in [0.25, 0.3) is 0 Å². The molecule has 0 amide bonds. The van der Waals surface area contributed by atoms with E-state index >= 15 is 0 Å². The number of nitrogen functional groups attached to an aromatic ring is 1. The molecule has 1 aromatic carbocycles. The van der Waals surface area contributed by atoms with Gasteiger partial charge in [-0.1, -0.05) is 25.1 Å². The smallest absolute Gasteiger partial charge is 0.141 e. The normalized spacial score (nSPS) is 10.6. The maximum Gasteiger partial charge on any atom is 0.141 e. The van der Waals surface area contributed by atoms with Gasteiger partial charge in [0, 0.05) is 24.2 Å². The highest BCUT2D eigenvalue weighted by Crippen LogP contribution is 2.28. The molecule has 0 unspecified atom stereocenters. The number of rotatable bonds is 5. The maximum atomic E-state index is 6.04. The van der Waals surface area contributed by atoms with Crippen LogP contribution in [0.3, 0.4) is 0 Å². The Morgan fingerprint density at radius 3 is 2.40 bits per heavy atom. The molecule has 2 rings (SSSR count). The minimum atomic E-state index is 0.577. The molecule has 0 spiro atoms. The molecule has 0 saturated heterocycles. The second kappa shape index (κ2) is 6.37. The third-order valence-electron chi connectivity index (χ3n) is 3.32. The first-order chi connectivity index (χ1) is 9.67. The highest BCUT2D eigenvalue weighted by molar-refractivity contribution is 5.66. The molecule has 4 nitrogen and oxygen atoms in total. The standard InChI is InChI=1S/C16H22N4/c1-4-9-14-18-15(17)12(3)16(19-14)20(5-2)13-10-7-6-8-11-13/h6-8,10-11H,4-5,9H2,1-3H3,(H2,17,18,19). The van der Waals surface area contributed by atoms with Crippen LogP contribution in [0.1, 0.15) is 31.7 Å². The number of nitrogens with zero attached hydrogens (tertiary/aromatic N) is 3. The molecule has 2 aromatic rings. The molecule has 4 heteroatoms. The van der Waals surface area contributed by atoms with Crippen LogP contribution in [0.4, 0.5) is 17.3 Å². The Balaban J connectivity index is 2.48. The average molecular weight is 270 g/mol.